The molecule has 0 radical (unpaired) electrons. The van der Waals surface area contributed by atoms with Crippen LogP contribution in [0.5, 0.6) is 0 Å². The smallest absolute Gasteiger partial charge is 0.219 e. The van der Waals surface area contributed by atoms with E-state index in [1.807, 2.05) is 0 Å². The summed E-state index contributed by atoms with van der Waals surface area (Å²) in [5.74, 6) is -0.0254. The molecule has 1 N–H and O–H groups in total. The van der Waals surface area contributed by atoms with E-state index in [1.165, 1.54) is 0 Å². The molecule has 31 heavy (non-hydrogen) atoms. The molecule has 0 bridgehead atoms. The van der Waals surface area contributed by atoms with Gasteiger partial charge in [0, 0.05) is 40.5 Å². The number of hydrogen-bond acceptors (Lipinski definition) is 9. The molecule has 0 saturated carbocycles. The van der Waals surface area contributed by atoms with Crippen LogP contribution in [0.4, 0.5) is 0 Å². The molecule has 0 saturated heterocycles. The van der Waals surface area contributed by atoms with Crippen molar-refractivity contribution in [1.82, 2.24) is 5.32 Å². The molecule has 0 aliphatic rings. The van der Waals surface area contributed by atoms with Crippen LogP contribution in [0, 0.1) is 0 Å². The number of carbonyl (C=O) groups excluding carboxylic acids is 1. The Morgan fingerprint density at radius 3 is 2.19 bits per heavy atom. The van der Waals surface area contributed by atoms with Gasteiger partial charge in [-0.1, -0.05) is 12.8 Å². The Bertz CT molecular complexity index is 462. The third-order valence-corrected chi connectivity index (χ3v) is 4.74. The highest BCUT2D eigenvalue weighted by molar-refractivity contribution is 7.50. The van der Waals surface area contributed by atoms with E-state index < -0.39 is 7.60 Å². The highest BCUT2D eigenvalue weighted by Crippen LogP contribution is 2.30. The van der Waals surface area contributed by atoms with Crippen molar-refractivity contribution >= 4 is 13.5 Å². The average molecular weight is 471 g/mol. The van der Waals surface area contributed by atoms with E-state index >= 15 is 0 Å². The second kappa shape index (κ2) is 21.3. The molecule has 0 spiro atoms. The Balaban J connectivity index is 3.62. The summed E-state index contributed by atoms with van der Waals surface area (Å²) in [5, 5.41) is 2.76. The molecule has 0 fully saturated rings. The van der Waals surface area contributed by atoms with Gasteiger partial charge in [0.05, 0.1) is 46.2 Å². The van der Waals surface area contributed by atoms with Crippen molar-refractivity contribution in [2.75, 3.05) is 80.3 Å². The maximum atomic E-state index is 11.7. The van der Waals surface area contributed by atoms with Crippen LogP contribution in [0.25, 0.3) is 0 Å². The van der Waals surface area contributed by atoms with E-state index in [1.54, 1.807) is 14.2 Å². The third-order valence-electron chi connectivity index (χ3n) is 4.09. The summed E-state index contributed by atoms with van der Waals surface area (Å²) in [6, 6.07) is 0. The zero-order valence-electron chi connectivity index (χ0n) is 19.3. The largest absolute Gasteiger partial charge is 0.779 e. The predicted octanol–water partition coefficient (Wildman–Crippen LogP) is 1.35. The van der Waals surface area contributed by atoms with E-state index in [4.69, 9.17) is 23.7 Å². The van der Waals surface area contributed by atoms with Crippen molar-refractivity contribution in [3.05, 3.63) is 0 Å². The van der Waals surface area contributed by atoms with Crippen LogP contribution < -0.4 is 10.2 Å². The monoisotopic (exact) mass is 470 g/mol. The average Bonchev–Trinajstić information content (AvgIpc) is 2.71. The van der Waals surface area contributed by atoms with E-state index in [-0.39, 0.29) is 18.6 Å². The van der Waals surface area contributed by atoms with Gasteiger partial charge in [-0.05, 0) is 19.3 Å². The maximum Gasteiger partial charge on any atom is 0.219 e. The fraction of sp³-hybridized carbons (Fsp3) is 0.950. The van der Waals surface area contributed by atoms with Gasteiger partial charge >= 0.3 is 0 Å². The highest BCUT2D eigenvalue weighted by Gasteiger charge is 2.10. The van der Waals surface area contributed by atoms with Crippen LogP contribution in [-0.2, 0) is 37.6 Å². The normalized spacial score (nSPS) is 14.3. The van der Waals surface area contributed by atoms with E-state index in [2.05, 4.69) is 9.84 Å². The summed E-state index contributed by atoms with van der Waals surface area (Å²) in [6.07, 6.45) is 4.45. The van der Waals surface area contributed by atoms with Gasteiger partial charge in [0.1, 0.15) is 13.7 Å². The summed E-state index contributed by atoms with van der Waals surface area (Å²) < 4.78 is 42.3. The number of unbranched alkanes of at least 4 members (excludes halogenated alkanes) is 3. The van der Waals surface area contributed by atoms with Gasteiger partial charge in [0.25, 0.3) is 0 Å². The Labute approximate surface area is 186 Å². The molecule has 0 aliphatic carbocycles. The van der Waals surface area contributed by atoms with Crippen LogP contribution in [0.3, 0.4) is 0 Å². The van der Waals surface area contributed by atoms with Gasteiger partial charge in [-0.2, -0.15) is 0 Å². The minimum Gasteiger partial charge on any atom is -0.779 e. The number of nitrogens with one attached hydrogen (secondary N) is 1. The molecule has 0 rings (SSSR count). The fourth-order valence-corrected chi connectivity index (χ4v) is 2.94. The summed E-state index contributed by atoms with van der Waals surface area (Å²) >= 11 is 0. The van der Waals surface area contributed by atoms with Gasteiger partial charge in [-0.3, -0.25) is 4.79 Å². The van der Waals surface area contributed by atoms with E-state index in [0.29, 0.717) is 65.6 Å². The first-order chi connectivity index (χ1) is 14.9. The summed E-state index contributed by atoms with van der Waals surface area (Å²) in [4.78, 5) is 22.5. The second-order valence-electron chi connectivity index (χ2n) is 7.10. The molecule has 0 aliphatic heterocycles. The molecular formula is C20H41NO9P-. The molecule has 0 aromatic carbocycles. The standard InChI is InChI=1S/C20H42NO9P/c1-25-13-15-28-18-19(29-16-14-26-2)17-27-11-7-5-4-6-9-20(22)21-10-8-12-30-31(3,23)24/h19H,4-18H2,1-3H3,(H,21,22)(H,23,24)/p-1. The number of ether oxygens (including phenoxy) is 5. The van der Waals surface area contributed by atoms with Crippen molar-refractivity contribution in [2.24, 2.45) is 0 Å². The summed E-state index contributed by atoms with van der Waals surface area (Å²) in [6.45, 7) is 5.16. The first-order valence-electron chi connectivity index (χ1n) is 10.8. The minimum atomic E-state index is -3.68. The Kier molecular flexibility index (Phi) is 20.9. The molecular weight excluding hydrogens is 429 g/mol. The number of amides is 1. The molecule has 0 aromatic heterocycles. The first-order valence-corrected chi connectivity index (χ1v) is 12.8. The SMILES string of the molecule is COCCOCC(COCCCCCCC(=O)NCCCOP(C)(=O)[O-])OCCOC. The third kappa shape index (κ3) is 23.9. The number of carbonyl (C=O) groups is 1. The van der Waals surface area contributed by atoms with Crippen LogP contribution in [0.15, 0.2) is 0 Å². The quantitative estimate of drug-likeness (QED) is 0.174. The lowest BCUT2D eigenvalue weighted by atomic mass is 10.1. The zero-order valence-corrected chi connectivity index (χ0v) is 20.2. The Morgan fingerprint density at radius 2 is 1.52 bits per heavy atom. The van der Waals surface area contributed by atoms with E-state index in [0.717, 1.165) is 32.3 Å². The van der Waals surface area contributed by atoms with Gasteiger partial charge in [0.15, 0.2) is 0 Å². The van der Waals surface area contributed by atoms with Crippen molar-refractivity contribution in [1.29, 1.82) is 0 Å². The van der Waals surface area contributed by atoms with Crippen molar-refractivity contribution in [3.63, 3.8) is 0 Å². The fourth-order valence-electron chi connectivity index (χ4n) is 2.48. The van der Waals surface area contributed by atoms with Gasteiger partial charge in [-0.15, -0.1) is 0 Å². The van der Waals surface area contributed by atoms with Gasteiger partial charge in [-0.25, -0.2) is 0 Å². The molecule has 0 heterocycles. The highest BCUT2D eigenvalue weighted by atomic mass is 31.2. The lowest BCUT2D eigenvalue weighted by molar-refractivity contribution is -0.196. The maximum absolute atomic E-state index is 11.7. The number of methoxy groups -OCH3 is 2. The topological polar surface area (TPSA) is 125 Å². The molecule has 10 nitrogen and oxygen atoms in total. The van der Waals surface area contributed by atoms with Crippen LogP contribution >= 0.6 is 7.60 Å². The Morgan fingerprint density at radius 1 is 0.871 bits per heavy atom. The molecule has 186 valence electrons. The molecule has 1 amide bonds. The summed E-state index contributed by atoms with van der Waals surface area (Å²) in [5.41, 5.74) is 0. The minimum absolute atomic E-state index is 0.0254. The lowest BCUT2D eigenvalue weighted by Gasteiger charge is -2.18. The number of hydrogen-bond donors (Lipinski definition) is 1. The molecule has 0 aromatic rings. The molecule has 11 heteroatoms. The molecule has 2 unspecified atom stereocenters. The predicted molar refractivity (Wildman–Crippen MR) is 115 cm³/mol. The van der Waals surface area contributed by atoms with Crippen LogP contribution in [0.1, 0.15) is 38.5 Å². The van der Waals surface area contributed by atoms with Gasteiger partial charge in [0.2, 0.25) is 5.91 Å². The first kappa shape index (κ1) is 30.4. The van der Waals surface area contributed by atoms with Crippen LogP contribution in [-0.4, -0.2) is 92.3 Å². The number of rotatable bonds is 23. The zero-order chi connectivity index (χ0) is 23.2. The van der Waals surface area contributed by atoms with Crippen molar-refractivity contribution in [3.8, 4) is 0 Å². The summed E-state index contributed by atoms with van der Waals surface area (Å²) in [7, 11) is -0.419. The molecule has 2 atom stereocenters. The van der Waals surface area contributed by atoms with Crippen LogP contribution in [0.2, 0.25) is 0 Å². The Hall–Kier alpha value is -0.580. The van der Waals surface area contributed by atoms with Crippen molar-refractivity contribution < 1.29 is 42.5 Å². The van der Waals surface area contributed by atoms with Crippen molar-refractivity contribution in [2.45, 2.75) is 44.6 Å². The van der Waals surface area contributed by atoms with E-state index in [9.17, 15) is 14.3 Å². The lowest BCUT2D eigenvalue weighted by Crippen LogP contribution is -2.28. The second-order valence-corrected chi connectivity index (χ2v) is 8.90. The van der Waals surface area contributed by atoms with Gasteiger partial charge < -0.3 is 43.0 Å².